The molecule has 0 radical (unpaired) electrons. The number of benzene rings is 1. The molecule has 1 aromatic rings. The lowest BCUT2D eigenvalue weighted by Gasteiger charge is -2.40. The molecule has 3 N–H and O–H groups in total. The molecule has 0 aromatic heterocycles. The molecule has 1 amide bonds. The summed E-state index contributed by atoms with van der Waals surface area (Å²) in [5.41, 5.74) is 8.84. The lowest BCUT2D eigenvalue weighted by Crippen LogP contribution is -2.41. The lowest BCUT2D eigenvalue weighted by molar-refractivity contribution is 0.0857. The second-order valence-corrected chi connectivity index (χ2v) is 10.6. The molecule has 1 aromatic carbocycles. The van der Waals surface area contributed by atoms with Crippen LogP contribution >= 0.6 is 0 Å². The Morgan fingerprint density at radius 2 is 1.69 bits per heavy atom. The third-order valence-electron chi connectivity index (χ3n) is 8.12. The topological polar surface area (TPSA) is 70.8 Å². The van der Waals surface area contributed by atoms with Gasteiger partial charge in [-0.15, -0.1) is 0 Å². The lowest BCUT2D eigenvalue weighted by atomic mass is 9.78. The summed E-state index contributed by atoms with van der Waals surface area (Å²) < 4.78 is 5.59. The van der Waals surface area contributed by atoms with Gasteiger partial charge >= 0.3 is 0 Å². The van der Waals surface area contributed by atoms with Crippen molar-refractivity contribution in [2.24, 2.45) is 17.6 Å². The zero-order valence-electron chi connectivity index (χ0n) is 21.7. The van der Waals surface area contributed by atoms with E-state index >= 15 is 0 Å². The van der Waals surface area contributed by atoms with Crippen molar-refractivity contribution in [3.05, 3.63) is 72.0 Å². The van der Waals surface area contributed by atoms with Gasteiger partial charge in [0.1, 0.15) is 0 Å². The summed E-state index contributed by atoms with van der Waals surface area (Å²) in [7, 11) is 0. The number of rotatable bonds is 10. The zero-order chi connectivity index (χ0) is 25.2. The van der Waals surface area contributed by atoms with Crippen LogP contribution in [0, 0.1) is 11.8 Å². The van der Waals surface area contributed by atoms with Crippen LogP contribution in [-0.2, 0) is 11.3 Å². The van der Waals surface area contributed by atoms with E-state index in [1.807, 2.05) is 24.3 Å². The fraction of sp³-hybridized carbons (Fsp3) is 0.567. The SMILES string of the molecule is C=C/C=C(\C=C/N)CN1CCC(C2CCN(Cc3ccc(C(=O)NCC4CCCO4)cc3)CC2)CC1. The highest BCUT2D eigenvalue weighted by Crippen LogP contribution is 2.33. The smallest absolute Gasteiger partial charge is 0.251 e. The van der Waals surface area contributed by atoms with Crippen LogP contribution in [0.3, 0.4) is 0 Å². The predicted octanol–water partition coefficient (Wildman–Crippen LogP) is 4.10. The van der Waals surface area contributed by atoms with Crippen molar-refractivity contribution in [2.45, 2.75) is 51.2 Å². The maximum atomic E-state index is 12.4. The van der Waals surface area contributed by atoms with E-state index in [2.05, 4.69) is 39.9 Å². The van der Waals surface area contributed by atoms with Gasteiger partial charge in [0.2, 0.25) is 0 Å². The minimum atomic E-state index is -0.00675. The normalized spacial score (nSPS) is 23.3. The van der Waals surface area contributed by atoms with Gasteiger partial charge < -0.3 is 15.8 Å². The van der Waals surface area contributed by atoms with Gasteiger partial charge in [-0.1, -0.05) is 30.9 Å². The summed E-state index contributed by atoms with van der Waals surface area (Å²) in [6, 6.07) is 8.13. The van der Waals surface area contributed by atoms with Crippen LogP contribution in [0.4, 0.5) is 0 Å². The van der Waals surface area contributed by atoms with Crippen LogP contribution < -0.4 is 11.1 Å². The average molecular weight is 493 g/mol. The fourth-order valence-corrected chi connectivity index (χ4v) is 5.99. The molecule has 0 saturated carbocycles. The first-order chi connectivity index (χ1) is 17.6. The summed E-state index contributed by atoms with van der Waals surface area (Å²) in [6.07, 6.45) is 15.0. The van der Waals surface area contributed by atoms with E-state index < -0.39 is 0 Å². The van der Waals surface area contributed by atoms with Gasteiger partial charge in [0, 0.05) is 31.8 Å². The molecule has 4 rings (SSSR count). The van der Waals surface area contributed by atoms with Crippen molar-refractivity contribution >= 4 is 5.91 Å². The average Bonchev–Trinajstić information content (AvgIpc) is 3.43. The summed E-state index contributed by atoms with van der Waals surface area (Å²) in [5, 5.41) is 3.01. The minimum absolute atomic E-state index is 0.00675. The van der Waals surface area contributed by atoms with Crippen molar-refractivity contribution in [3.63, 3.8) is 0 Å². The molecule has 6 heteroatoms. The molecule has 1 atom stereocenters. The van der Waals surface area contributed by atoms with Crippen molar-refractivity contribution in [2.75, 3.05) is 45.9 Å². The second kappa shape index (κ2) is 13.8. The molecule has 3 heterocycles. The molecule has 3 aliphatic rings. The Morgan fingerprint density at radius 3 is 2.28 bits per heavy atom. The van der Waals surface area contributed by atoms with E-state index in [1.165, 1.54) is 63.0 Å². The highest BCUT2D eigenvalue weighted by molar-refractivity contribution is 5.94. The molecule has 0 spiro atoms. The Balaban J connectivity index is 1.16. The van der Waals surface area contributed by atoms with Crippen molar-refractivity contribution in [3.8, 4) is 0 Å². The third kappa shape index (κ3) is 7.79. The van der Waals surface area contributed by atoms with Gasteiger partial charge in [-0.25, -0.2) is 0 Å². The standard InChI is InChI=1S/C30H44N4O2/c1-2-4-24(10-15-31)22-33-16-11-26(12-17-33)27-13-18-34(19-14-27)23-25-6-8-28(9-7-25)30(35)32-21-29-5-3-20-36-29/h2,4,6-10,15,26-27,29H,1,3,5,11-14,16-23,31H2,(H,32,35)/b15-10-,24-4+. The number of likely N-dealkylation sites (tertiary alicyclic amines) is 2. The van der Waals surface area contributed by atoms with Gasteiger partial charge in [-0.2, -0.15) is 0 Å². The van der Waals surface area contributed by atoms with Crippen molar-refractivity contribution in [1.29, 1.82) is 0 Å². The Labute approximate surface area is 217 Å². The van der Waals surface area contributed by atoms with Crippen LogP contribution in [0.1, 0.15) is 54.4 Å². The molecule has 6 nitrogen and oxygen atoms in total. The Hall–Kier alpha value is -2.41. The molecule has 196 valence electrons. The van der Waals surface area contributed by atoms with Crippen molar-refractivity contribution in [1.82, 2.24) is 15.1 Å². The molecule has 36 heavy (non-hydrogen) atoms. The highest BCUT2D eigenvalue weighted by Gasteiger charge is 2.29. The monoisotopic (exact) mass is 492 g/mol. The fourth-order valence-electron chi connectivity index (χ4n) is 5.99. The van der Waals surface area contributed by atoms with Crippen LogP contribution in [0.15, 0.2) is 60.8 Å². The van der Waals surface area contributed by atoms with Crippen LogP contribution in [-0.4, -0.2) is 67.7 Å². The van der Waals surface area contributed by atoms with E-state index in [0.29, 0.717) is 6.54 Å². The molecule has 1 unspecified atom stereocenters. The van der Waals surface area contributed by atoms with Crippen LogP contribution in [0.5, 0.6) is 0 Å². The number of carbonyl (C=O) groups excluding carboxylic acids is 1. The van der Waals surface area contributed by atoms with Gasteiger partial charge in [-0.05, 0) is 112 Å². The van der Waals surface area contributed by atoms with E-state index in [9.17, 15) is 4.79 Å². The first kappa shape index (κ1) is 26.6. The van der Waals surface area contributed by atoms with Crippen LogP contribution in [0.25, 0.3) is 0 Å². The number of allylic oxidation sites excluding steroid dienone is 2. The number of ether oxygens (including phenoxy) is 1. The molecule has 0 bridgehead atoms. The first-order valence-electron chi connectivity index (χ1n) is 13.8. The quantitative estimate of drug-likeness (QED) is 0.481. The Kier molecular flexibility index (Phi) is 10.2. The van der Waals surface area contributed by atoms with E-state index in [0.717, 1.165) is 49.9 Å². The number of nitrogens with one attached hydrogen (secondary N) is 1. The van der Waals surface area contributed by atoms with E-state index in [1.54, 1.807) is 6.20 Å². The summed E-state index contributed by atoms with van der Waals surface area (Å²) in [6.45, 7) is 11.8. The van der Waals surface area contributed by atoms with Gasteiger partial charge in [0.05, 0.1) is 6.10 Å². The number of carbonyl (C=O) groups is 1. The van der Waals surface area contributed by atoms with E-state index in [4.69, 9.17) is 10.5 Å². The molecule has 3 saturated heterocycles. The van der Waals surface area contributed by atoms with Crippen molar-refractivity contribution < 1.29 is 9.53 Å². The maximum absolute atomic E-state index is 12.4. The first-order valence-corrected chi connectivity index (χ1v) is 13.8. The third-order valence-corrected chi connectivity index (χ3v) is 8.12. The number of piperidine rings is 2. The summed E-state index contributed by atoms with van der Waals surface area (Å²) in [4.78, 5) is 17.5. The Bertz CT molecular complexity index is 888. The number of nitrogens with zero attached hydrogens (tertiary/aromatic N) is 2. The Morgan fingerprint density at radius 1 is 1.03 bits per heavy atom. The predicted molar refractivity (Wildman–Crippen MR) is 147 cm³/mol. The number of hydrogen-bond donors (Lipinski definition) is 2. The summed E-state index contributed by atoms with van der Waals surface area (Å²) in [5.74, 6) is 1.70. The molecular formula is C30H44N4O2. The summed E-state index contributed by atoms with van der Waals surface area (Å²) >= 11 is 0. The molecule has 3 aliphatic heterocycles. The maximum Gasteiger partial charge on any atom is 0.251 e. The molecule has 3 fully saturated rings. The van der Waals surface area contributed by atoms with Gasteiger partial charge in [0.25, 0.3) is 5.91 Å². The highest BCUT2D eigenvalue weighted by atomic mass is 16.5. The minimum Gasteiger partial charge on any atom is -0.405 e. The molecule has 0 aliphatic carbocycles. The van der Waals surface area contributed by atoms with Gasteiger partial charge in [0.15, 0.2) is 0 Å². The number of amides is 1. The van der Waals surface area contributed by atoms with Crippen LogP contribution in [0.2, 0.25) is 0 Å². The second-order valence-electron chi connectivity index (χ2n) is 10.6. The zero-order valence-corrected chi connectivity index (χ0v) is 21.7. The number of nitrogens with two attached hydrogens (primary N) is 1. The number of hydrogen-bond acceptors (Lipinski definition) is 5. The molecular weight excluding hydrogens is 448 g/mol. The largest absolute Gasteiger partial charge is 0.405 e. The van der Waals surface area contributed by atoms with E-state index in [-0.39, 0.29) is 12.0 Å². The van der Waals surface area contributed by atoms with Gasteiger partial charge in [-0.3, -0.25) is 14.6 Å².